The lowest BCUT2D eigenvalue weighted by Crippen LogP contribution is -2.28. The molecule has 0 aliphatic carbocycles. The molecule has 314 valence electrons. The van der Waals surface area contributed by atoms with Crippen LogP contribution in [0.15, 0.2) is 36.5 Å². The number of rotatable bonds is 42. The fourth-order valence-corrected chi connectivity index (χ4v) is 6.84. The fraction of sp³-hybridized carbons (Fsp3) is 0.812. The van der Waals surface area contributed by atoms with Crippen molar-refractivity contribution >= 4 is 17.8 Å². The summed E-state index contributed by atoms with van der Waals surface area (Å²) in [5.41, 5.74) is 0. The largest absolute Gasteiger partial charge is 0.480 e. The summed E-state index contributed by atoms with van der Waals surface area (Å²) in [5, 5.41) is 11.1. The van der Waals surface area contributed by atoms with Gasteiger partial charge in [0.15, 0.2) is 0 Å². The summed E-state index contributed by atoms with van der Waals surface area (Å²) in [7, 11) is 0. The molecule has 1 unspecified atom stereocenters. The number of ether oxygens (including phenoxy) is 1. The number of carbonyl (C=O) groups excluding carboxylic acids is 2. The van der Waals surface area contributed by atoms with E-state index in [2.05, 4.69) is 55.6 Å². The first-order valence-corrected chi connectivity index (χ1v) is 23.1. The fourth-order valence-electron chi connectivity index (χ4n) is 6.84. The van der Waals surface area contributed by atoms with E-state index in [0.29, 0.717) is 12.8 Å². The van der Waals surface area contributed by atoms with Crippen molar-refractivity contribution in [3.05, 3.63) is 36.5 Å². The third-order valence-electron chi connectivity index (χ3n) is 10.3. The van der Waals surface area contributed by atoms with Crippen LogP contribution in [0.4, 0.5) is 0 Å². The molecule has 0 aromatic rings. The second-order valence-electron chi connectivity index (χ2n) is 15.6. The number of carboxylic acids is 1. The molecular weight excluding hydrogens is 671 g/mol. The number of hydrogen-bond acceptors (Lipinski definition) is 4. The lowest BCUT2D eigenvalue weighted by molar-refractivity contribution is -0.150. The highest BCUT2D eigenvalue weighted by Gasteiger charge is 2.14. The number of allylic oxidation sites excluding steroid dienone is 6. The molecule has 0 radical (unpaired) electrons. The number of amides is 1. The Hall–Kier alpha value is -2.37. The van der Waals surface area contributed by atoms with Crippen LogP contribution in [0.3, 0.4) is 0 Å². The Bertz CT molecular complexity index is 926. The van der Waals surface area contributed by atoms with E-state index in [4.69, 9.17) is 9.84 Å². The quantitative estimate of drug-likeness (QED) is 0.0367. The molecule has 0 aliphatic heterocycles. The van der Waals surface area contributed by atoms with Gasteiger partial charge in [-0.05, 0) is 89.9 Å². The van der Waals surface area contributed by atoms with Crippen LogP contribution in [0.25, 0.3) is 0 Å². The van der Waals surface area contributed by atoms with Gasteiger partial charge in [0.1, 0.15) is 12.6 Å². The van der Waals surface area contributed by atoms with Gasteiger partial charge >= 0.3 is 11.9 Å². The molecule has 0 bridgehead atoms. The molecule has 0 spiro atoms. The summed E-state index contributed by atoms with van der Waals surface area (Å²) < 4.78 is 6.03. The van der Waals surface area contributed by atoms with Crippen molar-refractivity contribution in [2.45, 2.75) is 245 Å². The molecule has 0 aliphatic rings. The Morgan fingerprint density at radius 2 is 0.870 bits per heavy atom. The Morgan fingerprint density at radius 1 is 0.481 bits per heavy atom. The van der Waals surface area contributed by atoms with Crippen LogP contribution in [-0.4, -0.2) is 35.6 Å². The van der Waals surface area contributed by atoms with Crippen molar-refractivity contribution in [2.75, 3.05) is 6.54 Å². The van der Waals surface area contributed by atoms with Gasteiger partial charge in [-0.2, -0.15) is 0 Å². The van der Waals surface area contributed by atoms with E-state index in [1.807, 2.05) is 0 Å². The number of carboxylic acid groups (broad SMARTS) is 1. The summed E-state index contributed by atoms with van der Waals surface area (Å²) in [5.74, 6) is -1.25. The summed E-state index contributed by atoms with van der Waals surface area (Å²) in [4.78, 5) is 35.1. The molecule has 0 rings (SSSR count). The van der Waals surface area contributed by atoms with Crippen molar-refractivity contribution in [3.63, 3.8) is 0 Å². The van der Waals surface area contributed by atoms with Gasteiger partial charge in [-0.1, -0.05) is 172 Å². The van der Waals surface area contributed by atoms with Crippen molar-refractivity contribution in [1.82, 2.24) is 5.32 Å². The zero-order valence-electron chi connectivity index (χ0n) is 35.6. The molecule has 0 saturated carbocycles. The number of unbranched alkanes of at least 4 members (excludes halogenated alkanes) is 25. The molecule has 0 saturated heterocycles. The predicted octanol–water partition coefficient (Wildman–Crippen LogP) is 14.5. The number of aliphatic carboxylic acids is 1. The molecule has 1 atom stereocenters. The zero-order chi connectivity index (χ0) is 39.4. The number of carbonyl (C=O) groups is 3. The molecule has 1 amide bonds. The lowest BCUT2D eigenvalue weighted by Gasteiger charge is -2.18. The van der Waals surface area contributed by atoms with Crippen molar-refractivity contribution in [1.29, 1.82) is 0 Å². The highest BCUT2D eigenvalue weighted by Crippen LogP contribution is 2.18. The topological polar surface area (TPSA) is 92.7 Å². The standard InChI is InChI=1S/C48H87NO5/c1-3-5-7-9-11-13-15-17-18-19-20-21-22-24-26-28-30-35-39-43-48(53)54-45(41-37-33-31-34-38-42-46(50)49-44-47(51)52)40-36-32-29-27-25-23-16-14-12-10-8-6-4-2/h11,13,17-18,27,29,45H,3-10,12,14-16,19-26,28,30-44H2,1-2H3,(H,49,50)(H,51,52)/b13-11-,18-17-,29-27-. The minimum Gasteiger partial charge on any atom is -0.480 e. The van der Waals surface area contributed by atoms with Crippen molar-refractivity contribution < 1.29 is 24.2 Å². The molecule has 0 aromatic heterocycles. The Labute approximate surface area is 334 Å². The Kier molecular flexibility index (Phi) is 41.5. The van der Waals surface area contributed by atoms with Crippen LogP contribution >= 0.6 is 0 Å². The van der Waals surface area contributed by atoms with E-state index < -0.39 is 5.97 Å². The minimum atomic E-state index is -1.02. The Balaban J connectivity index is 4.15. The summed E-state index contributed by atoms with van der Waals surface area (Å²) in [6.07, 6.45) is 54.2. The smallest absolute Gasteiger partial charge is 0.322 e. The minimum absolute atomic E-state index is 0.00643. The van der Waals surface area contributed by atoms with Crippen LogP contribution in [0.2, 0.25) is 0 Å². The van der Waals surface area contributed by atoms with Gasteiger partial charge in [-0.3, -0.25) is 14.4 Å². The highest BCUT2D eigenvalue weighted by molar-refractivity contribution is 5.80. The van der Waals surface area contributed by atoms with E-state index in [-0.39, 0.29) is 24.5 Å². The normalized spacial score (nSPS) is 12.3. The van der Waals surface area contributed by atoms with E-state index in [0.717, 1.165) is 77.0 Å². The van der Waals surface area contributed by atoms with Gasteiger partial charge in [0, 0.05) is 12.8 Å². The third kappa shape index (κ3) is 42.4. The van der Waals surface area contributed by atoms with E-state index in [1.54, 1.807) is 0 Å². The molecule has 54 heavy (non-hydrogen) atoms. The van der Waals surface area contributed by atoms with Crippen molar-refractivity contribution in [2.24, 2.45) is 0 Å². The summed E-state index contributed by atoms with van der Waals surface area (Å²) >= 11 is 0. The maximum Gasteiger partial charge on any atom is 0.322 e. The van der Waals surface area contributed by atoms with Gasteiger partial charge in [-0.15, -0.1) is 0 Å². The van der Waals surface area contributed by atoms with Gasteiger partial charge in [0.05, 0.1) is 0 Å². The molecule has 6 heteroatoms. The zero-order valence-corrected chi connectivity index (χ0v) is 35.6. The molecule has 0 aromatic carbocycles. The van der Waals surface area contributed by atoms with Gasteiger partial charge in [-0.25, -0.2) is 0 Å². The maximum absolute atomic E-state index is 12.8. The predicted molar refractivity (Wildman–Crippen MR) is 231 cm³/mol. The van der Waals surface area contributed by atoms with Gasteiger partial charge < -0.3 is 15.2 Å². The number of esters is 1. The second-order valence-corrected chi connectivity index (χ2v) is 15.6. The average Bonchev–Trinajstić information content (AvgIpc) is 3.16. The van der Waals surface area contributed by atoms with E-state index in [1.165, 1.54) is 135 Å². The molecule has 0 fully saturated rings. The van der Waals surface area contributed by atoms with E-state index >= 15 is 0 Å². The Morgan fingerprint density at radius 3 is 1.41 bits per heavy atom. The van der Waals surface area contributed by atoms with Gasteiger partial charge in [0.25, 0.3) is 0 Å². The van der Waals surface area contributed by atoms with Crippen LogP contribution in [0.1, 0.15) is 239 Å². The SMILES string of the molecule is CCCCC/C=C\C/C=C\CCCCCCCCCCCC(=O)OC(CCC/C=C\CCCCCCCCCC)CCCCCCCC(=O)NCC(=O)O. The molecule has 2 N–H and O–H groups in total. The average molecular weight is 758 g/mol. The van der Waals surface area contributed by atoms with Crippen LogP contribution in [0, 0.1) is 0 Å². The number of hydrogen-bond donors (Lipinski definition) is 2. The summed E-state index contributed by atoms with van der Waals surface area (Å²) in [6, 6.07) is 0. The second kappa shape index (κ2) is 43.4. The van der Waals surface area contributed by atoms with Crippen molar-refractivity contribution in [3.8, 4) is 0 Å². The third-order valence-corrected chi connectivity index (χ3v) is 10.3. The molecule has 6 nitrogen and oxygen atoms in total. The molecular formula is C48H87NO5. The number of nitrogens with one attached hydrogen (secondary N) is 1. The summed E-state index contributed by atoms with van der Waals surface area (Å²) in [6.45, 7) is 4.21. The van der Waals surface area contributed by atoms with Crippen LogP contribution in [-0.2, 0) is 19.1 Å². The lowest BCUT2D eigenvalue weighted by atomic mass is 10.0. The first-order valence-electron chi connectivity index (χ1n) is 23.1. The first-order chi connectivity index (χ1) is 26.5. The van der Waals surface area contributed by atoms with Crippen LogP contribution < -0.4 is 5.32 Å². The van der Waals surface area contributed by atoms with E-state index in [9.17, 15) is 14.4 Å². The molecule has 0 heterocycles. The monoisotopic (exact) mass is 758 g/mol. The van der Waals surface area contributed by atoms with Gasteiger partial charge in [0.2, 0.25) is 5.91 Å². The maximum atomic E-state index is 12.8. The first kappa shape index (κ1) is 51.6. The highest BCUT2D eigenvalue weighted by atomic mass is 16.5. The van der Waals surface area contributed by atoms with Crippen LogP contribution in [0.5, 0.6) is 0 Å².